The normalized spacial score (nSPS) is 11.6. The van der Waals surface area contributed by atoms with E-state index in [0.29, 0.717) is 16.9 Å². The molecule has 0 spiro atoms. The van der Waals surface area contributed by atoms with E-state index < -0.39 is 0 Å². The monoisotopic (exact) mass is 953 g/mol. The Hall–Kier alpha value is -7.03. The Kier molecular flexibility index (Phi) is 15.1. The van der Waals surface area contributed by atoms with Gasteiger partial charge in [0.05, 0.1) is 0 Å². The Morgan fingerprint density at radius 1 is 0.372 bits per heavy atom. The zero-order valence-corrected chi connectivity index (χ0v) is 42.6. The van der Waals surface area contributed by atoms with E-state index in [1.165, 1.54) is 0 Å². The summed E-state index contributed by atoms with van der Waals surface area (Å²) in [6.45, 7) is 1.83. The molecule has 10 rings (SSSR count). The Bertz CT molecular complexity index is 3960. The molecule has 0 saturated carbocycles. The number of hydrogen-bond donors (Lipinski definition) is 0. The van der Waals surface area contributed by atoms with Crippen molar-refractivity contribution >= 4 is 241 Å². The molecule has 78 heavy (non-hydrogen) atoms. The van der Waals surface area contributed by atoms with Crippen molar-refractivity contribution in [1.82, 2.24) is 4.57 Å². The molecule has 0 N–H and O–H groups in total. The predicted octanol–water partition coefficient (Wildman–Crippen LogP) is -1.10. The predicted molar refractivity (Wildman–Crippen MR) is 350 cm³/mol. The first-order valence-electron chi connectivity index (χ1n) is 24.6. The van der Waals surface area contributed by atoms with Crippen LogP contribution in [0.5, 0.6) is 0 Å². The van der Waals surface area contributed by atoms with Crippen LogP contribution >= 0.6 is 0 Å². The second-order valence-corrected chi connectivity index (χ2v) is 19.0. The third-order valence-electron chi connectivity index (χ3n) is 14.5. The fraction of sp³-hybridized carbons (Fsp3) is 0.0167. The first-order chi connectivity index (χ1) is 37.3. The summed E-state index contributed by atoms with van der Waals surface area (Å²) < 4.78 is 1.92. The van der Waals surface area contributed by atoms with E-state index in [0.717, 1.165) is 50.4 Å². The van der Waals surface area contributed by atoms with Crippen molar-refractivity contribution in [3.63, 3.8) is 0 Å². The van der Waals surface area contributed by atoms with Crippen molar-refractivity contribution in [3.05, 3.63) is 175 Å². The number of para-hydroxylation sites is 2. The number of benzene rings is 9. The standard InChI is InChI=1S/C60H29B16N2/c1-28-39(45(61)44(60(75)76)42-49(65)54(70)57(73)55(71)50(42)66)43-46(62)40(41-47(63)52(68)56(72)53(69)48(41)64)51(67)58(74)59(43)77(28)37-18-10-8-16-35(37)36-17-9-11-19-38(36)78(33-24-20-31(21-25-33)29-12-4-2-5-13-29)34-26-22-32(23-27-34)30-14-6-3-7-15-30/h2-27H,1H3/b45-44+. The molecule has 0 bridgehead atoms. The van der Waals surface area contributed by atoms with Gasteiger partial charge in [-0.3, -0.25) is 0 Å². The van der Waals surface area contributed by atoms with Gasteiger partial charge in [0.2, 0.25) is 0 Å². The second-order valence-electron chi connectivity index (χ2n) is 19.0. The van der Waals surface area contributed by atoms with E-state index in [1.807, 2.05) is 84.3 Å². The third-order valence-corrected chi connectivity index (χ3v) is 14.5. The molecule has 1 aromatic heterocycles. The van der Waals surface area contributed by atoms with Gasteiger partial charge in [0.15, 0.2) is 0 Å². The molecule has 0 aliphatic carbocycles. The molecule has 0 fully saturated rings. The first kappa shape index (κ1) is 54.3. The van der Waals surface area contributed by atoms with E-state index in [4.69, 9.17) is 125 Å². The molecule has 10 aromatic rings. The van der Waals surface area contributed by atoms with Crippen LogP contribution in [0.25, 0.3) is 72.1 Å². The number of rotatable bonds is 11. The number of fused-ring (bicyclic) bond motifs is 1. The van der Waals surface area contributed by atoms with Crippen LogP contribution < -0.4 is 75.9 Å². The minimum absolute atomic E-state index is 0.00512. The van der Waals surface area contributed by atoms with Gasteiger partial charge < -0.3 is 0 Å². The van der Waals surface area contributed by atoms with E-state index in [2.05, 4.69) is 89.8 Å². The first-order valence-corrected chi connectivity index (χ1v) is 24.6. The molecule has 9 aromatic carbocycles. The molecule has 0 unspecified atom stereocenters. The molecule has 0 amide bonds. The maximum atomic E-state index is 7.44. The molecule has 0 aliphatic rings. The topological polar surface area (TPSA) is 8.17 Å². The van der Waals surface area contributed by atoms with Crippen molar-refractivity contribution in [2.75, 3.05) is 4.90 Å². The molecule has 18 heteroatoms. The van der Waals surface area contributed by atoms with Crippen LogP contribution in [0.3, 0.4) is 0 Å². The zero-order valence-electron chi connectivity index (χ0n) is 42.6. The summed E-state index contributed by atoms with van der Waals surface area (Å²) in [5, 5.41) is -0.0268. The van der Waals surface area contributed by atoms with E-state index in [9.17, 15) is 0 Å². The van der Waals surface area contributed by atoms with Gasteiger partial charge in [-0.2, -0.15) is 0 Å². The third kappa shape index (κ3) is 9.11. The molecule has 327 valence electrons. The van der Waals surface area contributed by atoms with Crippen LogP contribution in [0.2, 0.25) is 0 Å². The minimum atomic E-state index is -0.299. The van der Waals surface area contributed by atoms with Crippen LogP contribution in [-0.4, -0.2) is 135 Å². The molecule has 0 aliphatic heterocycles. The number of anilines is 3. The molecule has 0 saturated heterocycles. The molecule has 2 nitrogen and oxygen atoms in total. The zero-order chi connectivity index (χ0) is 55.6. The summed E-state index contributed by atoms with van der Waals surface area (Å²) in [6, 6.07) is 53.4. The summed E-state index contributed by atoms with van der Waals surface area (Å²) in [5.74, 6) is 0. The van der Waals surface area contributed by atoms with Crippen molar-refractivity contribution in [3.8, 4) is 50.2 Å². The van der Waals surface area contributed by atoms with Gasteiger partial charge >= 0.3 is 350 Å². The van der Waals surface area contributed by atoms with Gasteiger partial charge in [0.25, 0.3) is 0 Å². The Balaban J connectivity index is 1.28. The van der Waals surface area contributed by atoms with Crippen LogP contribution in [0.15, 0.2) is 158 Å². The molecular weight excluding hydrogens is 922 g/mol. The van der Waals surface area contributed by atoms with Crippen molar-refractivity contribution in [2.24, 2.45) is 0 Å². The molecule has 31 radical (unpaired) electrons. The van der Waals surface area contributed by atoms with Gasteiger partial charge in [0.1, 0.15) is 0 Å². The van der Waals surface area contributed by atoms with Gasteiger partial charge in [-0.15, -0.1) is 0 Å². The molecular formula is C60H29B16N2. The quantitative estimate of drug-likeness (QED) is 0.150. The summed E-state index contributed by atoms with van der Waals surface area (Å²) >= 11 is 0. The van der Waals surface area contributed by atoms with Gasteiger partial charge in [-0.25, -0.2) is 0 Å². The van der Waals surface area contributed by atoms with Crippen molar-refractivity contribution in [1.29, 1.82) is 0 Å². The average Bonchev–Trinajstić information content (AvgIpc) is 4.03. The fourth-order valence-electron chi connectivity index (χ4n) is 10.5. The average molecular weight is 951 g/mol. The number of aromatic nitrogens is 1. The number of hydrogen-bond acceptors (Lipinski definition) is 1. The second kappa shape index (κ2) is 21.7. The summed E-state index contributed by atoms with van der Waals surface area (Å²) in [6.07, 6.45) is 0. The van der Waals surface area contributed by atoms with Crippen LogP contribution in [0.4, 0.5) is 17.1 Å². The van der Waals surface area contributed by atoms with Crippen molar-refractivity contribution < 1.29 is 0 Å². The van der Waals surface area contributed by atoms with Gasteiger partial charge in [-0.05, 0) is 46.5 Å². The summed E-state index contributed by atoms with van der Waals surface area (Å²) in [4.78, 5) is 2.23. The van der Waals surface area contributed by atoms with E-state index in [1.54, 1.807) is 0 Å². The van der Waals surface area contributed by atoms with Crippen LogP contribution in [0.1, 0.15) is 16.8 Å². The number of nitrogens with zero attached hydrogens (tertiary/aromatic N) is 2. The SMILES string of the molecule is [B]C(=[B])/C(=C(/[B])c1c(C)n(-c2ccccc2-c2ccccc2N(c2ccc(-c3ccccc3)cc2)c2ccc(-c3ccccc3)cc2)c2c([B])c([B])c(-c3c([B])c([B])c([B])c([B])c3[B])c([B])c12)c1c([B])c([B])c([B])c([B])c1[B]. The van der Waals surface area contributed by atoms with E-state index in [-0.39, 0.29) is 115 Å². The Labute approximate surface area is 478 Å². The maximum absolute atomic E-state index is 7.44. The van der Waals surface area contributed by atoms with E-state index >= 15 is 0 Å². The number of allylic oxidation sites excluding steroid dienone is 1. The Morgan fingerprint density at radius 2 is 0.756 bits per heavy atom. The molecule has 1 heterocycles. The fourth-order valence-corrected chi connectivity index (χ4v) is 10.5. The van der Waals surface area contributed by atoms with Crippen LogP contribution in [-0.2, 0) is 0 Å². The summed E-state index contributed by atoms with van der Waals surface area (Å²) in [5.41, 5.74) is 10.0. The summed E-state index contributed by atoms with van der Waals surface area (Å²) in [7, 11) is 108. The van der Waals surface area contributed by atoms with Crippen LogP contribution in [0, 0.1) is 6.92 Å². The van der Waals surface area contributed by atoms with Gasteiger partial charge in [-0.1, -0.05) is 84.9 Å². The Morgan fingerprint density at radius 3 is 1.24 bits per heavy atom. The molecule has 0 atom stereocenters. The van der Waals surface area contributed by atoms with Crippen molar-refractivity contribution in [2.45, 2.75) is 6.92 Å². The van der Waals surface area contributed by atoms with Gasteiger partial charge in [0, 0.05) is 0 Å².